The molecule has 2 N–H and O–H groups in total. The van der Waals surface area contributed by atoms with Crippen LogP contribution < -0.4 is 5.32 Å². The number of aliphatic hydroxyl groups is 1. The summed E-state index contributed by atoms with van der Waals surface area (Å²) in [6.07, 6.45) is 2.82. The predicted molar refractivity (Wildman–Crippen MR) is 53.6 cm³/mol. The molecule has 0 bridgehead atoms. The molecule has 5 nitrogen and oxygen atoms in total. The zero-order valence-electron chi connectivity index (χ0n) is 7.20. The van der Waals surface area contributed by atoms with Gasteiger partial charge in [-0.25, -0.2) is 9.97 Å². The molecule has 2 rings (SSSR count). The number of alkyl halides is 1. The third-order valence-electron chi connectivity index (χ3n) is 2.15. The van der Waals surface area contributed by atoms with E-state index in [0.717, 1.165) is 0 Å². The maximum absolute atomic E-state index is 11.8. The Morgan fingerprint density at radius 3 is 3.21 bits per heavy atom. The van der Waals surface area contributed by atoms with Gasteiger partial charge in [0, 0.05) is 12.7 Å². The van der Waals surface area contributed by atoms with Crippen LogP contribution >= 0.6 is 15.9 Å². The molecule has 1 atom stereocenters. The summed E-state index contributed by atoms with van der Waals surface area (Å²) < 4.78 is -0.940. The Bertz CT molecular complexity index is 385. The number of aliphatic hydroxyl groups excluding tert-OH is 1. The fourth-order valence-corrected chi connectivity index (χ4v) is 1.66. The minimum Gasteiger partial charge on any atom is -0.394 e. The van der Waals surface area contributed by atoms with Gasteiger partial charge in [0.25, 0.3) is 0 Å². The predicted octanol–water partition coefficient (Wildman–Crippen LogP) is 0.211. The molecule has 0 spiro atoms. The minimum absolute atomic E-state index is 0.186. The second kappa shape index (κ2) is 3.29. The molecule has 1 aromatic heterocycles. The van der Waals surface area contributed by atoms with Crippen LogP contribution in [0.2, 0.25) is 0 Å². The normalized spacial score (nSPS) is 25.4. The van der Waals surface area contributed by atoms with E-state index in [4.69, 9.17) is 5.11 Å². The number of aromatic nitrogens is 2. The van der Waals surface area contributed by atoms with Crippen molar-refractivity contribution in [2.45, 2.75) is 4.32 Å². The second-order valence-corrected chi connectivity index (χ2v) is 4.61. The topological polar surface area (TPSA) is 75.1 Å². The molecule has 6 heteroatoms. The highest BCUT2D eigenvalue weighted by molar-refractivity contribution is 9.10. The number of halogens is 1. The number of fused-ring (bicyclic) bond motifs is 1. The maximum atomic E-state index is 11.8. The zero-order valence-corrected chi connectivity index (χ0v) is 8.78. The Morgan fingerprint density at radius 1 is 1.71 bits per heavy atom. The first-order valence-corrected chi connectivity index (χ1v) is 4.85. The van der Waals surface area contributed by atoms with Gasteiger partial charge in [-0.1, -0.05) is 15.9 Å². The van der Waals surface area contributed by atoms with Crippen LogP contribution in [0.1, 0.15) is 10.4 Å². The molecule has 1 aromatic rings. The summed E-state index contributed by atoms with van der Waals surface area (Å²) in [5.41, 5.74) is 0.407. The zero-order chi connectivity index (χ0) is 10.2. The minimum atomic E-state index is -0.940. The number of hydrogen-bond donors (Lipinski definition) is 2. The van der Waals surface area contributed by atoms with E-state index in [0.29, 0.717) is 17.9 Å². The third-order valence-corrected chi connectivity index (χ3v) is 3.04. The van der Waals surface area contributed by atoms with Gasteiger partial charge in [0.05, 0.1) is 12.2 Å². The van der Waals surface area contributed by atoms with Crippen molar-refractivity contribution >= 4 is 27.5 Å². The van der Waals surface area contributed by atoms with Crippen molar-refractivity contribution < 1.29 is 9.90 Å². The van der Waals surface area contributed by atoms with E-state index in [-0.39, 0.29) is 12.4 Å². The van der Waals surface area contributed by atoms with Crippen LogP contribution in [0.3, 0.4) is 0 Å². The number of carbonyl (C=O) groups excluding carboxylic acids is 1. The van der Waals surface area contributed by atoms with Crippen LogP contribution in [-0.2, 0) is 0 Å². The molecule has 1 unspecified atom stereocenters. The van der Waals surface area contributed by atoms with Crippen molar-refractivity contribution in [2.24, 2.45) is 0 Å². The molecule has 1 aliphatic rings. The molecular formula is C8H8BrN3O2. The number of carbonyl (C=O) groups is 1. The summed E-state index contributed by atoms with van der Waals surface area (Å²) in [6, 6.07) is 0. The molecule has 0 amide bonds. The van der Waals surface area contributed by atoms with Crippen LogP contribution in [-0.4, -0.2) is 38.3 Å². The fraction of sp³-hybridized carbons (Fsp3) is 0.375. The highest BCUT2D eigenvalue weighted by atomic mass is 79.9. The van der Waals surface area contributed by atoms with Gasteiger partial charge in [0.15, 0.2) is 5.78 Å². The Balaban J connectivity index is 2.46. The molecule has 14 heavy (non-hydrogen) atoms. The Kier molecular flexibility index (Phi) is 2.24. The smallest absolute Gasteiger partial charge is 0.188 e. The summed E-state index contributed by atoms with van der Waals surface area (Å²) in [7, 11) is 0. The van der Waals surface area contributed by atoms with E-state index in [1.54, 1.807) is 0 Å². The largest absolute Gasteiger partial charge is 0.394 e. The number of nitrogens with one attached hydrogen (secondary N) is 1. The molecule has 0 saturated carbocycles. The quantitative estimate of drug-likeness (QED) is 0.704. The first kappa shape index (κ1) is 9.54. The Hall–Kier alpha value is -1.01. The average Bonchev–Trinajstić information content (AvgIpc) is 2.24. The average molecular weight is 258 g/mol. The SMILES string of the molecule is O=C1c2cncnc2NCC1(Br)CO. The monoisotopic (exact) mass is 257 g/mol. The highest BCUT2D eigenvalue weighted by Crippen LogP contribution is 2.30. The van der Waals surface area contributed by atoms with Crippen molar-refractivity contribution in [3.63, 3.8) is 0 Å². The molecule has 0 aromatic carbocycles. The van der Waals surface area contributed by atoms with Gasteiger partial charge in [-0.15, -0.1) is 0 Å². The van der Waals surface area contributed by atoms with Crippen LogP contribution in [0.25, 0.3) is 0 Å². The lowest BCUT2D eigenvalue weighted by molar-refractivity contribution is 0.0904. The summed E-state index contributed by atoms with van der Waals surface area (Å²) in [5.74, 6) is 0.336. The Labute approximate surface area is 88.7 Å². The number of rotatable bonds is 1. The number of hydrogen-bond acceptors (Lipinski definition) is 5. The van der Waals surface area contributed by atoms with E-state index in [1.807, 2.05) is 0 Å². The van der Waals surface area contributed by atoms with Gasteiger partial charge in [-0.3, -0.25) is 4.79 Å². The number of anilines is 1. The summed E-state index contributed by atoms with van der Waals surface area (Å²) in [5, 5.41) is 12.1. The van der Waals surface area contributed by atoms with E-state index < -0.39 is 4.32 Å². The lowest BCUT2D eigenvalue weighted by Crippen LogP contribution is -2.46. The second-order valence-electron chi connectivity index (χ2n) is 3.09. The summed E-state index contributed by atoms with van der Waals surface area (Å²) in [4.78, 5) is 19.5. The molecular weight excluding hydrogens is 250 g/mol. The van der Waals surface area contributed by atoms with Gasteiger partial charge >= 0.3 is 0 Å². The molecule has 0 saturated heterocycles. The summed E-state index contributed by atoms with van der Waals surface area (Å²) >= 11 is 3.21. The maximum Gasteiger partial charge on any atom is 0.188 e. The van der Waals surface area contributed by atoms with Gasteiger partial charge in [0.1, 0.15) is 16.5 Å². The Morgan fingerprint density at radius 2 is 2.50 bits per heavy atom. The van der Waals surface area contributed by atoms with Crippen molar-refractivity contribution in [3.8, 4) is 0 Å². The number of Topliss-reactive ketones (excluding diaryl/α,β-unsaturated/α-hetero) is 1. The van der Waals surface area contributed by atoms with E-state index in [9.17, 15) is 4.79 Å². The van der Waals surface area contributed by atoms with Gasteiger partial charge < -0.3 is 10.4 Å². The third kappa shape index (κ3) is 1.31. The van der Waals surface area contributed by atoms with Crippen molar-refractivity contribution in [3.05, 3.63) is 18.1 Å². The van der Waals surface area contributed by atoms with E-state index in [2.05, 4.69) is 31.2 Å². The van der Waals surface area contributed by atoms with Crippen LogP contribution in [0.5, 0.6) is 0 Å². The van der Waals surface area contributed by atoms with Gasteiger partial charge in [-0.05, 0) is 0 Å². The molecule has 0 fully saturated rings. The number of ketones is 1. The first-order valence-electron chi connectivity index (χ1n) is 4.06. The van der Waals surface area contributed by atoms with Gasteiger partial charge in [0.2, 0.25) is 0 Å². The number of nitrogens with zero attached hydrogens (tertiary/aromatic N) is 2. The summed E-state index contributed by atoms with van der Waals surface area (Å²) in [6.45, 7) is 0.0690. The van der Waals surface area contributed by atoms with E-state index >= 15 is 0 Å². The van der Waals surface area contributed by atoms with Crippen molar-refractivity contribution in [1.82, 2.24) is 9.97 Å². The van der Waals surface area contributed by atoms with Crippen LogP contribution in [0.4, 0.5) is 5.82 Å². The fourth-order valence-electron chi connectivity index (χ4n) is 1.31. The molecule has 2 heterocycles. The highest BCUT2D eigenvalue weighted by Gasteiger charge is 2.40. The van der Waals surface area contributed by atoms with Crippen LogP contribution in [0, 0.1) is 0 Å². The van der Waals surface area contributed by atoms with E-state index in [1.165, 1.54) is 12.5 Å². The lowest BCUT2D eigenvalue weighted by atomic mass is 9.96. The molecule has 1 aliphatic heterocycles. The molecule has 74 valence electrons. The van der Waals surface area contributed by atoms with Crippen molar-refractivity contribution in [2.75, 3.05) is 18.5 Å². The lowest BCUT2D eigenvalue weighted by Gasteiger charge is -2.29. The molecule has 0 radical (unpaired) electrons. The van der Waals surface area contributed by atoms with Gasteiger partial charge in [-0.2, -0.15) is 0 Å². The standard InChI is InChI=1S/C8H8BrN3O2/c9-8(3-13)2-11-7-5(6(8)14)1-10-4-12-7/h1,4,13H,2-3H2,(H,10,11,12). The van der Waals surface area contributed by atoms with Crippen LogP contribution in [0.15, 0.2) is 12.5 Å². The van der Waals surface area contributed by atoms with Crippen molar-refractivity contribution in [1.29, 1.82) is 0 Å². The molecule has 0 aliphatic carbocycles. The first-order chi connectivity index (χ1) is 6.67.